The summed E-state index contributed by atoms with van der Waals surface area (Å²) >= 11 is 0. The molecule has 1 saturated carbocycles. The van der Waals surface area contributed by atoms with E-state index in [4.69, 9.17) is 0 Å². The molecule has 64 valence electrons. The van der Waals surface area contributed by atoms with Crippen molar-refractivity contribution in [2.45, 2.75) is 51.0 Å². The summed E-state index contributed by atoms with van der Waals surface area (Å²) in [5.74, 6) is 1.07. The number of rotatable bonds is 2. The van der Waals surface area contributed by atoms with Crippen LogP contribution in [0.2, 0.25) is 0 Å². The van der Waals surface area contributed by atoms with Crippen molar-refractivity contribution >= 4 is 0 Å². The van der Waals surface area contributed by atoms with Crippen LogP contribution < -0.4 is 5.32 Å². The molecule has 2 fully saturated rings. The molecule has 1 heterocycles. The largest absolute Gasteiger partial charge is 0.314 e. The van der Waals surface area contributed by atoms with Crippen molar-refractivity contribution in [3.63, 3.8) is 0 Å². The smallest absolute Gasteiger partial charge is 0.00701 e. The van der Waals surface area contributed by atoms with Gasteiger partial charge in [0, 0.05) is 6.04 Å². The Hall–Kier alpha value is -0.0400. The monoisotopic (exact) mass is 153 g/mol. The first-order valence-electron chi connectivity index (χ1n) is 5.18. The Labute approximate surface area is 69.6 Å². The fourth-order valence-corrected chi connectivity index (χ4v) is 2.61. The van der Waals surface area contributed by atoms with Crippen LogP contribution in [0.25, 0.3) is 0 Å². The highest BCUT2D eigenvalue weighted by atomic mass is 14.9. The van der Waals surface area contributed by atoms with Crippen molar-refractivity contribution in [2.75, 3.05) is 6.54 Å². The first kappa shape index (κ1) is 7.60. The van der Waals surface area contributed by atoms with Gasteiger partial charge in [0.15, 0.2) is 0 Å². The van der Waals surface area contributed by atoms with Crippen LogP contribution in [0.3, 0.4) is 0 Å². The lowest BCUT2D eigenvalue weighted by Gasteiger charge is -2.14. The van der Waals surface area contributed by atoms with Crippen LogP contribution >= 0.6 is 0 Å². The summed E-state index contributed by atoms with van der Waals surface area (Å²) in [5, 5.41) is 3.58. The molecular weight excluding hydrogens is 134 g/mol. The second-order valence-electron chi connectivity index (χ2n) is 4.18. The van der Waals surface area contributed by atoms with Gasteiger partial charge in [-0.15, -0.1) is 0 Å². The van der Waals surface area contributed by atoms with Crippen LogP contribution in [-0.4, -0.2) is 12.6 Å². The Morgan fingerprint density at radius 2 is 1.82 bits per heavy atom. The second-order valence-corrected chi connectivity index (χ2v) is 4.18. The van der Waals surface area contributed by atoms with E-state index in [1.54, 1.807) is 0 Å². The minimum absolute atomic E-state index is 0.887. The minimum Gasteiger partial charge on any atom is -0.314 e. The second kappa shape index (κ2) is 3.57. The minimum atomic E-state index is 0.887. The van der Waals surface area contributed by atoms with E-state index in [0.717, 1.165) is 12.0 Å². The van der Waals surface area contributed by atoms with E-state index in [-0.39, 0.29) is 0 Å². The summed E-state index contributed by atoms with van der Waals surface area (Å²) in [5.41, 5.74) is 0. The molecule has 1 saturated heterocycles. The highest BCUT2D eigenvalue weighted by molar-refractivity contribution is 4.79. The highest BCUT2D eigenvalue weighted by Crippen LogP contribution is 2.30. The fourth-order valence-electron chi connectivity index (χ4n) is 2.61. The molecule has 1 N–H and O–H groups in total. The van der Waals surface area contributed by atoms with Crippen LogP contribution in [0.15, 0.2) is 0 Å². The van der Waals surface area contributed by atoms with Gasteiger partial charge in [0.05, 0.1) is 0 Å². The van der Waals surface area contributed by atoms with Crippen LogP contribution in [0.5, 0.6) is 0 Å². The molecule has 0 amide bonds. The zero-order valence-electron chi connectivity index (χ0n) is 7.31. The van der Waals surface area contributed by atoms with Gasteiger partial charge < -0.3 is 5.32 Å². The Morgan fingerprint density at radius 3 is 2.45 bits per heavy atom. The van der Waals surface area contributed by atoms with E-state index in [1.807, 2.05) is 0 Å². The van der Waals surface area contributed by atoms with Gasteiger partial charge in [-0.05, 0) is 31.7 Å². The lowest BCUT2D eigenvalue weighted by molar-refractivity contribution is 0.419. The molecule has 1 nitrogen and oxygen atoms in total. The zero-order chi connectivity index (χ0) is 7.52. The average Bonchev–Trinajstić information content (AvgIpc) is 2.60. The van der Waals surface area contributed by atoms with E-state index in [9.17, 15) is 0 Å². The molecule has 2 aliphatic rings. The van der Waals surface area contributed by atoms with Crippen molar-refractivity contribution in [1.29, 1.82) is 0 Å². The first-order chi connectivity index (χ1) is 5.45. The van der Waals surface area contributed by atoms with Crippen LogP contribution in [0, 0.1) is 5.92 Å². The van der Waals surface area contributed by atoms with Crippen molar-refractivity contribution in [1.82, 2.24) is 5.32 Å². The van der Waals surface area contributed by atoms with Crippen LogP contribution in [-0.2, 0) is 0 Å². The molecule has 2 rings (SSSR count). The third-order valence-corrected chi connectivity index (χ3v) is 3.25. The van der Waals surface area contributed by atoms with Crippen LogP contribution in [0.4, 0.5) is 0 Å². The van der Waals surface area contributed by atoms with Gasteiger partial charge in [0.2, 0.25) is 0 Å². The molecule has 0 spiro atoms. The van der Waals surface area contributed by atoms with Crippen LogP contribution in [0.1, 0.15) is 44.9 Å². The lowest BCUT2D eigenvalue weighted by atomic mass is 9.98. The van der Waals surface area contributed by atoms with Gasteiger partial charge in [0.1, 0.15) is 0 Å². The summed E-state index contributed by atoms with van der Waals surface area (Å²) in [4.78, 5) is 0. The van der Waals surface area contributed by atoms with Crippen molar-refractivity contribution in [2.24, 2.45) is 5.92 Å². The van der Waals surface area contributed by atoms with Gasteiger partial charge in [0.25, 0.3) is 0 Å². The van der Waals surface area contributed by atoms with Gasteiger partial charge in [-0.1, -0.05) is 25.7 Å². The lowest BCUT2D eigenvalue weighted by Crippen LogP contribution is -2.23. The summed E-state index contributed by atoms with van der Waals surface area (Å²) in [6.07, 6.45) is 10.3. The van der Waals surface area contributed by atoms with Crippen molar-refractivity contribution < 1.29 is 0 Å². The number of nitrogens with one attached hydrogen (secondary N) is 1. The maximum absolute atomic E-state index is 3.58. The molecule has 0 unspecified atom stereocenters. The number of hydrogen-bond acceptors (Lipinski definition) is 1. The summed E-state index contributed by atoms with van der Waals surface area (Å²) in [6.45, 7) is 1.28. The predicted octanol–water partition coefficient (Wildman–Crippen LogP) is 2.32. The average molecular weight is 153 g/mol. The molecule has 0 bridgehead atoms. The highest BCUT2D eigenvalue weighted by Gasteiger charge is 2.21. The molecule has 0 aromatic carbocycles. The quantitative estimate of drug-likeness (QED) is 0.642. The summed E-state index contributed by atoms with van der Waals surface area (Å²) in [6, 6.07) is 0.887. The molecule has 1 heteroatoms. The Kier molecular flexibility index (Phi) is 2.47. The molecule has 0 aromatic heterocycles. The van der Waals surface area contributed by atoms with Gasteiger partial charge in [-0.25, -0.2) is 0 Å². The Balaban J connectivity index is 1.71. The SMILES string of the molecule is C1CCC(C[C@H]2CCCN2)C1. The Bertz CT molecular complexity index is 96.0. The third kappa shape index (κ3) is 1.96. The zero-order valence-corrected chi connectivity index (χ0v) is 7.31. The molecule has 1 aliphatic carbocycles. The van der Waals surface area contributed by atoms with Gasteiger partial charge in [-0.3, -0.25) is 0 Å². The van der Waals surface area contributed by atoms with Gasteiger partial charge in [-0.2, -0.15) is 0 Å². The number of hydrogen-bond donors (Lipinski definition) is 1. The van der Waals surface area contributed by atoms with Crippen molar-refractivity contribution in [3.05, 3.63) is 0 Å². The normalized spacial score (nSPS) is 33.3. The molecule has 1 atom stereocenters. The molecule has 1 aliphatic heterocycles. The van der Waals surface area contributed by atoms with Gasteiger partial charge >= 0.3 is 0 Å². The molecule has 0 radical (unpaired) electrons. The standard InChI is InChI=1S/C10H19N/c1-2-5-9(4-1)8-10-6-3-7-11-10/h9-11H,1-8H2/t10-/m1/s1. The molecule has 0 aromatic rings. The molecular formula is C10H19N. The van der Waals surface area contributed by atoms with E-state index < -0.39 is 0 Å². The van der Waals surface area contributed by atoms with E-state index >= 15 is 0 Å². The maximum Gasteiger partial charge on any atom is 0.00701 e. The van der Waals surface area contributed by atoms with E-state index in [2.05, 4.69) is 5.32 Å². The first-order valence-corrected chi connectivity index (χ1v) is 5.18. The summed E-state index contributed by atoms with van der Waals surface area (Å²) < 4.78 is 0. The van der Waals surface area contributed by atoms with E-state index in [1.165, 1.54) is 51.5 Å². The Morgan fingerprint density at radius 1 is 1.00 bits per heavy atom. The predicted molar refractivity (Wildman–Crippen MR) is 47.6 cm³/mol. The summed E-state index contributed by atoms with van der Waals surface area (Å²) in [7, 11) is 0. The fraction of sp³-hybridized carbons (Fsp3) is 1.00. The van der Waals surface area contributed by atoms with E-state index in [0.29, 0.717) is 0 Å². The van der Waals surface area contributed by atoms with Crippen molar-refractivity contribution in [3.8, 4) is 0 Å². The topological polar surface area (TPSA) is 12.0 Å². The maximum atomic E-state index is 3.58. The molecule has 11 heavy (non-hydrogen) atoms. The third-order valence-electron chi connectivity index (χ3n) is 3.25.